The van der Waals surface area contributed by atoms with Crippen molar-refractivity contribution in [1.82, 2.24) is 15.1 Å². The molecule has 0 saturated heterocycles. The number of aromatic nitrogens is 2. The zero-order valence-corrected chi connectivity index (χ0v) is 11.5. The zero-order chi connectivity index (χ0) is 14.0. The molecule has 2 rings (SSSR count). The number of nitrogens with one attached hydrogen (secondary N) is 1. The van der Waals surface area contributed by atoms with Crippen LogP contribution < -0.4 is 4.74 Å². The molecule has 0 radical (unpaired) electrons. The number of ether oxygens (including phenoxy) is 2. The van der Waals surface area contributed by atoms with Gasteiger partial charge in [0, 0.05) is 12.1 Å². The van der Waals surface area contributed by atoms with E-state index < -0.39 is 5.97 Å². The number of benzene rings is 1. The lowest BCUT2D eigenvalue weighted by atomic mass is 10.0. The second-order valence-corrected chi connectivity index (χ2v) is 4.50. The van der Waals surface area contributed by atoms with Crippen LogP contribution in [0.15, 0.2) is 12.3 Å². The van der Waals surface area contributed by atoms with E-state index in [1.54, 1.807) is 19.4 Å². The molecule has 1 aromatic heterocycles. The standard InChI is InChI=1S/C13H17N3O3/c1-16(2)7-8-5-9(13(17)19-4)11-10(6-14-15-11)12(8)18-3/h5-6H,7H2,1-4H3,(H,14,15). The van der Waals surface area contributed by atoms with Gasteiger partial charge in [0.25, 0.3) is 0 Å². The molecule has 0 aliphatic rings. The molecule has 0 aliphatic heterocycles. The highest BCUT2D eigenvalue weighted by atomic mass is 16.5. The number of hydrogen-bond acceptors (Lipinski definition) is 5. The summed E-state index contributed by atoms with van der Waals surface area (Å²) in [6.45, 7) is 0.661. The summed E-state index contributed by atoms with van der Waals surface area (Å²) in [6.07, 6.45) is 1.65. The molecule has 102 valence electrons. The summed E-state index contributed by atoms with van der Waals surface area (Å²) in [5.74, 6) is 0.335. The molecule has 0 spiro atoms. The maximum absolute atomic E-state index is 11.8. The van der Waals surface area contributed by atoms with Crippen molar-refractivity contribution in [3.05, 3.63) is 23.4 Å². The minimum absolute atomic E-state index is 0.392. The molecule has 1 aromatic carbocycles. The lowest BCUT2D eigenvalue weighted by molar-refractivity contribution is 0.0602. The molecule has 0 atom stereocenters. The van der Waals surface area contributed by atoms with E-state index in [4.69, 9.17) is 9.47 Å². The largest absolute Gasteiger partial charge is 0.496 e. The van der Waals surface area contributed by atoms with Crippen LogP contribution in [0.3, 0.4) is 0 Å². The first-order valence-corrected chi connectivity index (χ1v) is 5.84. The first-order valence-electron chi connectivity index (χ1n) is 5.84. The van der Waals surface area contributed by atoms with E-state index in [0.29, 0.717) is 17.6 Å². The second kappa shape index (κ2) is 5.27. The van der Waals surface area contributed by atoms with E-state index >= 15 is 0 Å². The van der Waals surface area contributed by atoms with Crippen molar-refractivity contribution in [2.45, 2.75) is 6.54 Å². The number of aromatic amines is 1. The Kier molecular flexibility index (Phi) is 3.71. The van der Waals surface area contributed by atoms with Crippen molar-refractivity contribution in [2.75, 3.05) is 28.3 Å². The maximum atomic E-state index is 11.8. The quantitative estimate of drug-likeness (QED) is 0.845. The van der Waals surface area contributed by atoms with E-state index in [1.807, 2.05) is 19.0 Å². The van der Waals surface area contributed by atoms with Crippen molar-refractivity contribution >= 4 is 16.9 Å². The molecule has 0 unspecified atom stereocenters. The van der Waals surface area contributed by atoms with Gasteiger partial charge in [0.2, 0.25) is 0 Å². The number of hydrogen-bond donors (Lipinski definition) is 1. The third kappa shape index (κ3) is 2.39. The molecular formula is C13H17N3O3. The highest BCUT2D eigenvalue weighted by Gasteiger charge is 2.19. The highest BCUT2D eigenvalue weighted by molar-refractivity contribution is 6.05. The Balaban J connectivity index is 2.69. The Labute approximate surface area is 111 Å². The molecule has 19 heavy (non-hydrogen) atoms. The van der Waals surface area contributed by atoms with Gasteiger partial charge in [-0.05, 0) is 20.2 Å². The zero-order valence-electron chi connectivity index (χ0n) is 11.5. The normalized spacial score (nSPS) is 11.0. The van der Waals surface area contributed by atoms with E-state index in [-0.39, 0.29) is 0 Å². The van der Waals surface area contributed by atoms with Crippen LogP contribution in [0.2, 0.25) is 0 Å². The molecule has 1 heterocycles. The predicted octanol–water partition coefficient (Wildman–Crippen LogP) is 1.42. The summed E-state index contributed by atoms with van der Waals surface area (Å²) in [6, 6.07) is 1.78. The summed E-state index contributed by atoms with van der Waals surface area (Å²) in [4.78, 5) is 13.8. The summed E-state index contributed by atoms with van der Waals surface area (Å²) in [7, 11) is 6.88. The smallest absolute Gasteiger partial charge is 0.340 e. The molecule has 2 aromatic rings. The van der Waals surface area contributed by atoms with Crippen LogP contribution in [0, 0.1) is 0 Å². The number of rotatable bonds is 4. The van der Waals surface area contributed by atoms with Crippen LogP contribution in [0.5, 0.6) is 5.75 Å². The molecule has 0 bridgehead atoms. The molecule has 0 amide bonds. The van der Waals surface area contributed by atoms with Crippen molar-refractivity contribution in [1.29, 1.82) is 0 Å². The van der Waals surface area contributed by atoms with Gasteiger partial charge >= 0.3 is 5.97 Å². The maximum Gasteiger partial charge on any atom is 0.340 e. The van der Waals surface area contributed by atoms with Gasteiger partial charge in [0.15, 0.2) is 0 Å². The van der Waals surface area contributed by atoms with E-state index in [2.05, 4.69) is 10.2 Å². The van der Waals surface area contributed by atoms with Gasteiger partial charge in [-0.1, -0.05) is 0 Å². The topological polar surface area (TPSA) is 67.4 Å². The van der Waals surface area contributed by atoms with Crippen molar-refractivity contribution < 1.29 is 14.3 Å². The SMILES string of the molecule is COC(=O)c1cc(CN(C)C)c(OC)c2cn[nH]c12. The molecule has 6 nitrogen and oxygen atoms in total. The number of methoxy groups -OCH3 is 2. The Morgan fingerprint density at radius 1 is 1.42 bits per heavy atom. The van der Waals surface area contributed by atoms with Crippen LogP contribution in [0.4, 0.5) is 0 Å². The first kappa shape index (κ1) is 13.4. The third-order valence-electron chi connectivity index (χ3n) is 2.86. The van der Waals surface area contributed by atoms with Crippen LogP contribution in [0.25, 0.3) is 10.9 Å². The first-order chi connectivity index (χ1) is 9.08. The van der Waals surface area contributed by atoms with Gasteiger partial charge in [-0.3, -0.25) is 5.10 Å². The summed E-state index contributed by atoms with van der Waals surface area (Å²) in [5, 5.41) is 7.58. The number of carbonyl (C=O) groups excluding carboxylic acids is 1. The van der Waals surface area contributed by atoms with Gasteiger partial charge in [-0.15, -0.1) is 0 Å². The van der Waals surface area contributed by atoms with E-state index in [9.17, 15) is 4.79 Å². The minimum Gasteiger partial charge on any atom is -0.496 e. The summed E-state index contributed by atoms with van der Waals surface area (Å²) < 4.78 is 10.3. The molecular weight excluding hydrogens is 246 g/mol. The van der Waals surface area contributed by atoms with Gasteiger partial charge in [-0.25, -0.2) is 4.79 Å². The number of fused-ring (bicyclic) bond motifs is 1. The molecule has 1 N–H and O–H groups in total. The molecule has 6 heteroatoms. The Hall–Kier alpha value is -2.08. The average Bonchev–Trinajstić information content (AvgIpc) is 2.85. The van der Waals surface area contributed by atoms with Gasteiger partial charge in [-0.2, -0.15) is 5.10 Å². The van der Waals surface area contributed by atoms with Crippen molar-refractivity contribution in [2.24, 2.45) is 0 Å². The fourth-order valence-electron chi connectivity index (χ4n) is 2.12. The minimum atomic E-state index is -0.392. The Bertz CT molecular complexity index is 604. The van der Waals surface area contributed by atoms with E-state index in [0.717, 1.165) is 16.7 Å². The van der Waals surface area contributed by atoms with Gasteiger partial charge in [0.05, 0.1) is 36.9 Å². The van der Waals surface area contributed by atoms with Gasteiger partial charge < -0.3 is 14.4 Å². The molecule has 0 saturated carbocycles. The predicted molar refractivity (Wildman–Crippen MR) is 71.4 cm³/mol. The van der Waals surface area contributed by atoms with E-state index in [1.165, 1.54) is 7.11 Å². The monoisotopic (exact) mass is 263 g/mol. The molecule has 0 fully saturated rings. The lowest BCUT2D eigenvalue weighted by Crippen LogP contribution is -2.13. The lowest BCUT2D eigenvalue weighted by Gasteiger charge is -2.15. The fourth-order valence-corrected chi connectivity index (χ4v) is 2.12. The third-order valence-corrected chi connectivity index (χ3v) is 2.86. The molecule has 0 aliphatic carbocycles. The van der Waals surface area contributed by atoms with Crippen LogP contribution in [0.1, 0.15) is 15.9 Å². The number of esters is 1. The summed E-state index contributed by atoms with van der Waals surface area (Å²) >= 11 is 0. The number of carbonyl (C=O) groups is 1. The van der Waals surface area contributed by atoms with Gasteiger partial charge in [0.1, 0.15) is 5.75 Å². The number of nitrogens with zero attached hydrogens (tertiary/aromatic N) is 2. The Morgan fingerprint density at radius 3 is 2.74 bits per heavy atom. The number of H-pyrrole nitrogens is 1. The average molecular weight is 263 g/mol. The van der Waals surface area contributed by atoms with Crippen molar-refractivity contribution in [3.8, 4) is 5.75 Å². The fraction of sp³-hybridized carbons (Fsp3) is 0.385. The Morgan fingerprint density at radius 2 is 2.16 bits per heavy atom. The van der Waals surface area contributed by atoms with Crippen LogP contribution in [-0.2, 0) is 11.3 Å². The van der Waals surface area contributed by atoms with Crippen LogP contribution >= 0.6 is 0 Å². The highest BCUT2D eigenvalue weighted by Crippen LogP contribution is 2.32. The van der Waals surface area contributed by atoms with Crippen molar-refractivity contribution in [3.63, 3.8) is 0 Å². The van der Waals surface area contributed by atoms with Crippen LogP contribution in [-0.4, -0.2) is 49.4 Å². The summed E-state index contributed by atoms with van der Waals surface area (Å²) in [5.41, 5.74) is 2.01. The second-order valence-electron chi connectivity index (χ2n) is 4.50.